The van der Waals surface area contributed by atoms with E-state index in [1.165, 1.54) is 36.4 Å². The van der Waals surface area contributed by atoms with Gasteiger partial charge in [0.05, 0.1) is 23.3 Å². The second-order valence-corrected chi connectivity index (χ2v) is 23.1. The molecule has 15 heteroatoms. The van der Waals surface area contributed by atoms with Gasteiger partial charge in [-0.15, -0.1) is 0 Å². The third kappa shape index (κ3) is 15.6. The van der Waals surface area contributed by atoms with Crippen molar-refractivity contribution in [3.8, 4) is 57.4 Å². The Morgan fingerprint density at radius 1 is 0.521 bits per heavy atom. The highest BCUT2D eigenvalue weighted by Gasteiger charge is 2.29. The molecule has 6 aromatic rings. The van der Waals surface area contributed by atoms with Gasteiger partial charge in [-0.05, 0) is 106 Å². The number of primary amides is 1. The quantitative estimate of drug-likeness (QED) is 0.0842. The molecular weight excluding hydrogens is 939 g/mol. The number of hydrogen-bond acceptors (Lipinski definition) is 12. The molecule has 0 saturated heterocycles. The first-order chi connectivity index (χ1) is 33.3. The molecule has 0 aliphatic rings. The van der Waals surface area contributed by atoms with Gasteiger partial charge in [0.15, 0.2) is 25.5 Å². The predicted molar refractivity (Wildman–Crippen MR) is 272 cm³/mol. The Kier molecular flexibility index (Phi) is 17.4. The van der Waals surface area contributed by atoms with Crippen LogP contribution in [-0.2, 0) is 29.3 Å². The number of nitrogens with zero attached hydrogens (tertiary/aromatic N) is 2. The van der Waals surface area contributed by atoms with Crippen LogP contribution in [0.25, 0.3) is 22.3 Å². The molecule has 13 nitrogen and oxygen atoms in total. The number of Topliss-reactive ketones (excluding diaryl/α,β-unsaturated/α-hetero) is 3. The fourth-order valence-corrected chi connectivity index (χ4v) is 10.1. The summed E-state index contributed by atoms with van der Waals surface area (Å²) in [6.07, 6.45) is 0.655. The SMILES string of the molecule is CC(C)(C)CC(=O)CS(=O)(=O)c1cc(C#N)ccc1Oc1cccc(-c2ccc(C(N)=O)cc2)c1.CCC(=O)c1ccc(-c2cccc(Oc3ccc(C#N)cc3S(=O)(=O)CC(=O)CC(C)(C)C)c2)cc1. The highest BCUT2D eigenvalue weighted by molar-refractivity contribution is 7.92. The molecule has 0 aromatic heterocycles. The van der Waals surface area contributed by atoms with E-state index in [0.717, 1.165) is 22.3 Å². The Labute approximate surface area is 415 Å². The van der Waals surface area contributed by atoms with Crippen LogP contribution >= 0.6 is 0 Å². The molecule has 0 aliphatic heterocycles. The summed E-state index contributed by atoms with van der Waals surface area (Å²) < 4.78 is 64.5. The van der Waals surface area contributed by atoms with Crippen LogP contribution in [0.15, 0.2) is 143 Å². The smallest absolute Gasteiger partial charge is 0.248 e. The highest BCUT2D eigenvalue weighted by atomic mass is 32.2. The number of hydrogen-bond donors (Lipinski definition) is 1. The van der Waals surface area contributed by atoms with Crippen LogP contribution in [-0.4, -0.2) is 51.6 Å². The number of carbonyl (C=O) groups is 4. The minimum Gasteiger partial charge on any atom is -0.456 e. The van der Waals surface area contributed by atoms with Crippen molar-refractivity contribution in [1.29, 1.82) is 10.5 Å². The summed E-state index contributed by atoms with van der Waals surface area (Å²) in [5, 5.41) is 18.6. The number of amides is 1. The van der Waals surface area contributed by atoms with Crippen LogP contribution in [0.4, 0.5) is 0 Å². The maximum absolute atomic E-state index is 13.2. The van der Waals surface area contributed by atoms with E-state index in [-0.39, 0.29) is 61.9 Å². The Morgan fingerprint density at radius 2 is 0.901 bits per heavy atom. The standard InChI is InChI=1S/C29H29NO5S.C27H26N2O5S/c1-5-26(32)22-12-10-21(11-13-22)23-7-6-8-25(16-23)35-27-14-9-20(18-30)15-28(27)36(33,34)19-24(31)17-29(2,3)4;1-27(2,3)15-22(30)17-35(32,33)25-13-18(16-28)7-12-24(25)34-23-6-4-5-21(14-23)19-8-10-20(11-9-19)26(29)31/h6-16H,5,17,19H2,1-4H3;4-14H,15,17H2,1-3H3,(H2,29,31). The average molecular weight is 994 g/mol. The molecule has 6 rings (SSSR count). The molecule has 6 aromatic carbocycles. The van der Waals surface area contributed by atoms with Crippen LogP contribution in [0, 0.1) is 33.5 Å². The molecule has 0 atom stereocenters. The van der Waals surface area contributed by atoms with Gasteiger partial charge in [0.1, 0.15) is 55.9 Å². The van der Waals surface area contributed by atoms with Crippen LogP contribution < -0.4 is 15.2 Å². The zero-order chi connectivity index (χ0) is 52.3. The van der Waals surface area contributed by atoms with Gasteiger partial charge in [-0.1, -0.05) is 109 Å². The van der Waals surface area contributed by atoms with Crippen molar-refractivity contribution in [2.24, 2.45) is 16.6 Å². The minimum atomic E-state index is -4.06. The van der Waals surface area contributed by atoms with E-state index < -0.39 is 48.7 Å². The third-order valence-corrected chi connectivity index (χ3v) is 13.8. The molecule has 0 heterocycles. The molecule has 0 bridgehead atoms. The van der Waals surface area contributed by atoms with Crippen molar-refractivity contribution in [2.75, 3.05) is 11.5 Å². The lowest BCUT2D eigenvalue weighted by molar-refractivity contribution is -0.119. The molecule has 366 valence electrons. The first-order valence-electron chi connectivity index (χ1n) is 22.5. The minimum absolute atomic E-state index is 0.0220. The summed E-state index contributed by atoms with van der Waals surface area (Å²) in [5.74, 6) is -1.80. The van der Waals surface area contributed by atoms with E-state index in [1.54, 1.807) is 72.8 Å². The Balaban J connectivity index is 0.000000264. The number of rotatable bonds is 17. The normalized spacial score (nSPS) is 11.5. The van der Waals surface area contributed by atoms with E-state index in [9.17, 15) is 46.5 Å². The maximum Gasteiger partial charge on any atom is 0.248 e. The molecule has 0 unspecified atom stereocenters. The van der Waals surface area contributed by atoms with Crippen LogP contribution in [0.2, 0.25) is 0 Å². The van der Waals surface area contributed by atoms with Crippen molar-refractivity contribution in [1.82, 2.24) is 0 Å². The van der Waals surface area contributed by atoms with Crippen molar-refractivity contribution in [2.45, 2.75) is 77.5 Å². The Morgan fingerprint density at radius 3 is 1.24 bits per heavy atom. The summed E-state index contributed by atoms with van der Waals surface area (Å²) >= 11 is 0. The van der Waals surface area contributed by atoms with Crippen LogP contribution in [0.3, 0.4) is 0 Å². The van der Waals surface area contributed by atoms with Gasteiger partial charge in [-0.25, -0.2) is 16.8 Å². The van der Waals surface area contributed by atoms with Gasteiger partial charge in [-0.3, -0.25) is 19.2 Å². The lowest BCUT2D eigenvalue weighted by Gasteiger charge is -2.17. The maximum atomic E-state index is 13.2. The number of ketones is 3. The number of nitriles is 2. The lowest BCUT2D eigenvalue weighted by atomic mass is 9.90. The number of nitrogens with two attached hydrogens (primary N) is 1. The van der Waals surface area contributed by atoms with Gasteiger partial charge in [0.2, 0.25) is 5.91 Å². The first kappa shape index (κ1) is 54.2. The van der Waals surface area contributed by atoms with Gasteiger partial charge in [0, 0.05) is 30.4 Å². The molecular formula is C56H55N3O10S2. The number of carbonyl (C=O) groups excluding carboxylic acids is 4. The second-order valence-electron chi connectivity index (χ2n) is 19.2. The summed E-state index contributed by atoms with van der Waals surface area (Å²) in [4.78, 5) is 47.7. The summed E-state index contributed by atoms with van der Waals surface area (Å²) in [6, 6.07) is 40.2. The Bertz CT molecular complexity index is 3280. The molecule has 1 amide bonds. The van der Waals surface area contributed by atoms with Gasteiger partial charge >= 0.3 is 0 Å². The van der Waals surface area contributed by atoms with E-state index in [4.69, 9.17) is 15.2 Å². The number of benzene rings is 6. The summed E-state index contributed by atoms with van der Waals surface area (Å²) in [5.41, 5.74) is 9.19. The zero-order valence-electron chi connectivity index (χ0n) is 40.6. The Hall–Kier alpha value is -7.72. The molecule has 0 radical (unpaired) electrons. The topological polar surface area (TPSA) is 229 Å². The highest BCUT2D eigenvalue weighted by Crippen LogP contribution is 2.35. The van der Waals surface area contributed by atoms with Gasteiger partial charge < -0.3 is 15.2 Å². The van der Waals surface area contributed by atoms with E-state index in [0.29, 0.717) is 29.0 Å². The van der Waals surface area contributed by atoms with Crippen LogP contribution in [0.1, 0.15) is 99.6 Å². The molecule has 0 spiro atoms. The molecule has 71 heavy (non-hydrogen) atoms. The second kappa shape index (κ2) is 22.8. The molecule has 2 N–H and O–H groups in total. The lowest BCUT2D eigenvalue weighted by Crippen LogP contribution is -2.21. The van der Waals surface area contributed by atoms with Gasteiger partial charge in [-0.2, -0.15) is 10.5 Å². The van der Waals surface area contributed by atoms with Crippen molar-refractivity contribution < 1.29 is 45.5 Å². The predicted octanol–water partition coefficient (Wildman–Crippen LogP) is 11.3. The summed E-state index contributed by atoms with van der Waals surface area (Å²) in [6.45, 7) is 13.0. The van der Waals surface area contributed by atoms with Crippen molar-refractivity contribution in [3.05, 3.63) is 156 Å². The number of sulfone groups is 2. The first-order valence-corrected chi connectivity index (χ1v) is 25.8. The average Bonchev–Trinajstić information content (AvgIpc) is 3.30. The van der Waals surface area contributed by atoms with E-state index >= 15 is 0 Å². The van der Waals surface area contributed by atoms with Crippen molar-refractivity contribution >= 4 is 42.9 Å². The fraction of sp³-hybridized carbons (Fsp3) is 0.250. The zero-order valence-corrected chi connectivity index (χ0v) is 42.2. The van der Waals surface area contributed by atoms with E-state index in [1.807, 2.05) is 84.9 Å². The van der Waals surface area contributed by atoms with Crippen molar-refractivity contribution in [3.63, 3.8) is 0 Å². The largest absolute Gasteiger partial charge is 0.456 e. The molecule has 0 fully saturated rings. The van der Waals surface area contributed by atoms with E-state index in [2.05, 4.69) is 0 Å². The fourth-order valence-electron chi connectivity index (χ4n) is 7.29. The number of ether oxygens (including phenoxy) is 2. The molecule has 0 aliphatic carbocycles. The van der Waals surface area contributed by atoms with Gasteiger partial charge in [0.25, 0.3) is 0 Å². The monoisotopic (exact) mass is 993 g/mol. The summed E-state index contributed by atoms with van der Waals surface area (Å²) in [7, 11) is -8.11. The molecule has 0 saturated carbocycles. The third-order valence-electron chi connectivity index (χ3n) is 10.5. The van der Waals surface area contributed by atoms with Crippen LogP contribution in [0.5, 0.6) is 23.0 Å².